The Balaban J connectivity index is 1.83. The summed E-state index contributed by atoms with van der Waals surface area (Å²) < 4.78 is 2.27. The summed E-state index contributed by atoms with van der Waals surface area (Å²) in [5.74, 6) is -0.363. The van der Waals surface area contributed by atoms with Gasteiger partial charge in [-0.1, -0.05) is 11.6 Å². The lowest BCUT2D eigenvalue weighted by Gasteiger charge is -2.14. The van der Waals surface area contributed by atoms with Crippen molar-refractivity contribution < 1.29 is 9.90 Å². The quantitative estimate of drug-likeness (QED) is 0.537. The third-order valence-electron chi connectivity index (χ3n) is 4.06. The van der Waals surface area contributed by atoms with E-state index in [1.54, 1.807) is 16.7 Å². The normalized spacial score (nSPS) is 13.6. The molecule has 0 saturated carbocycles. The highest BCUT2D eigenvalue weighted by Gasteiger charge is 2.17. The Labute approximate surface area is 164 Å². The second-order valence-corrected chi connectivity index (χ2v) is 7.41. The number of nitrogens with two attached hydrogens (primary N) is 1. The van der Waals surface area contributed by atoms with E-state index in [0.29, 0.717) is 33.5 Å². The topological polar surface area (TPSA) is 110 Å². The lowest BCUT2D eigenvalue weighted by Crippen LogP contribution is -2.47. The van der Waals surface area contributed by atoms with Crippen molar-refractivity contribution in [2.24, 2.45) is 5.73 Å². The number of fused-ring (bicyclic) bond motifs is 1. The molecule has 1 aromatic carbocycles. The number of carbonyl (C=O) groups excluding carboxylic acids is 1. The number of aliphatic hydroxyl groups is 1. The summed E-state index contributed by atoms with van der Waals surface area (Å²) >= 11 is 9.38. The number of benzene rings is 1. The van der Waals surface area contributed by atoms with Gasteiger partial charge < -0.3 is 16.2 Å². The molecule has 26 heavy (non-hydrogen) atoms. The fourth-order valence-corrected chi connectivity index (χ4v) is 2.94. The second kappa shape index (κ2) is 9.45. The average molecular weight is 446 g/mol. The molecule has 2 atom stereocenters. The predicted molar refractivity (Wildman–Crippen MR) is 105 cm³/mol. The van der Waals surface area contributed by atoms with Crippen molar-refractivity contribution in [1.82, 2.24) is 14.9 Å². The highest BCUT2D eigenvalue weighted by atomic mass is 79.9. The zero-order chi connectivity index (χ0) is 19.3. The number of aryl methyl sites for hydroxylation is 1. The molecule has 0 fully saturated rings. The molecule has 2 rings (SSSR count). The fraction of sp³-hybridized carbons (Fsp3) is 0.471. The van der Waals surface area contributed by atoms with Gasteiger partial charge in [-0.2, -0.15) is 0 Å². The fourth-order valence-electron chi connectivity index (χ4n) is 2.45. The van der Waals surface area contributed by atoms with Crippen LogP contribution in [0.3, 0.4) is 0 Å². The van der Waals surface area contributed by atoms with E-state index in [9.17, 15) is 14.7 Å². The summed E-state index contributed by atoms with van der Waals surface area (Å²) in [5.41, 5.74) is 6.01. The molecule has 4 N–H and O–H groups in total. The van der Waals surface area contributed by atoms with Gasteiger partial charge in [-0.3, -0.25) is 14.2 Å². The maximum Gasteiger partial charge on any atom is 0.261 e. The van der Waals surface area contributed by atoms with Crippen LogP contribution in [0.5, 0.6) is 0 Å². The van der Waals surface area contributed by atoms with E-state index in [1.165, 1.54) is 13.3 Å². The van der Waals surface area contributed by atoms with Gasteiger partial charge in [-0.25, -0.2) is 4.98 Å². The zero-order valence-corrected chi connectivity index (χ0v) is 16.8. The molecule has 9 heteroatoms. The number of halogens is 2. The third kappa shape index (κ3) is 5.26. The van der Waals surface area contributed by atoms with E-state index < -0.39 is 12.1 Å². The van der Waals surface area contributed by atoms with E-state index in [4.69, 9.17) is 17.3 Å². The molecule has 7 nitrogen and oxygen atoms in total. The first kappa shape index (κ1) is 20.8. The third-order valence-corrected chi connectivity index (χ3v) is 5.26. The highest BCUT2D eigenvalue weighted by Crippen LogP contribution is 2.25. The standard InChI is InChI=1S/C17H22BrClN4O3/c1-10(24)15(20)16(25)21-5-3-2-4-6-23-9-22-14-8-12(18)13(19)7-11(14)17(23)26/h7-10,15,24H,2-6,20H2,1H3,(H,21,25)/t10-,15+/m1/s1. The Morgan fingerprint density at radius 2 is 2.15 bits per heavy atom. The summed E-state index contributed by atoms with van der Waals surface area (Å²) in [5, 5.41) is 12.9. The Bertz CT molecular complexity index is 841. The first-order valence-electron chi connectivity index (χ1n) is 8.37. The van der Waals surface area contributed by atoms with Crippen LogP contribution in [0.15, 0.2) is 27.7 Å². The minimum atomic E-state index is -0.913. The molecule has 0 spiro atoms. The monoisotopic (exact) mass is 444 g/mol. The second-order valence-electron chi connectivity index (χ2n) is 6.14. The van der Waals surface area contributed by atoms with Gasteiger partial charge in [0, 0.05) is 17.6 Å². The van der Waals surface area contributed by atoms with Crippen LogP contribution in [0.25, 0.3) is 10.9 Å². The van der Waals surface area contributed by atoms with Crippen LogP contribution >= 0.6 is 27.5 Å². The number of aliphatic hydroxyl groups excluding tert-OH is 1. The highest BCUT2D eigenvalue weighted by molar-refractivity contribution is 9.10. The Morgan fingerprint density at radius 1 is 1.42 bits per heavy atom. The first-order chi connectivity index (χ1) is 12.3. The molecule has 1 amide bonds. The molecule has 1 aromatic heterocycles. The van der Waals surface area contributed by atoms with Crippen LogP contribution < -0.4 is 16.6 Å². The van der Waals surface area contributed by atoms with Crippen molar-refractivity contribution in [1.29, 1.82) is 0 Å². The van der Waals surface area contributed by atoms with Crippen LogP contribution in [0.1, 0.15) is 26.2 Å². The number of nitrogens with one attached hydrogen (secondary N) is 1. The van der Waals surface area contributed by atoms with Gasteiger partial charge in [0.2, 0.25) is 5.91 Å². The van der Waals surface area contributed by atoms with Crippen molar-refractivity contribution in [3.05, 3.63) is 38.3 Å². The number of hydrogen-bond donors (Lipinski definition) is 3. The maximum atomic E-state index is 12.5. The van der Waals surface area contributed by atoms with Gasteiger partial charge in [0.05, 0.1) is 28.4 Å². The van der Waals surface area contributed by atoms with Gasteiger partial charge in [-0.15, -0.1) is 0 Å². The average Bonchev–Trinajstić information content (AvgIpc) is 2.60. The number of rotatable bonds is 8. The summed E-state index contributed by atoms with van der Waals surface area (Å²) in [6.45, 7) is 2.50. The Morgan fingerprint density at radius 3 is 2.85 bits per heavy atom. The molecular formula is C17H22BrClN4O3. The van der Waals surface area contributed by atoms with Gasteiger partial charge in [-0.05, 0) is 54.2 Å². The maximum absolute atomic E-state index is 12.5. The van der Waals surface area contributed by atoms with Gasteiger partial charge in [0.1, 0.15) is 6.04 Å². The van der Waals surface area contributed by atoms with E-state index in [2.05, 4.69) is 26.2 Å². The van der Waals surface area contributed by atoms with Crippen LogP contribution in [-0.4, -0.2) is 39.3 Å². The lowest BCUT2D eigenvalue weighted by molar-refractivity contribution is -0.124. The molecule has 0 bridgehead atoms. The number of unbranched alkanes of at least 4 members (excludes halogenated alkanes) is 2. The predicted octanol–water partition coefficient (Wildman–Crippen LogP) is 1.81. The molecule has 0 unspecified atom stereocenters. The van der Waals surface area contributed by atoms with E-state index in [0.717, 1.165) is 19.3 Å². The summed E-state index contributed by atoms with van der Waals surface area (Å²) in [7, 11) is 0. The lowest BCUT2D eigenvalue weighted by atomic mass is 10.2. The van der Waals surface area contributed by atoms with Crippen LogP contribution in [0, 0.1) is 0 Å². The minimum absolute atomic E-state index is 0.124. The molecule has 0 saturated heterocycles. The van der Waals surface area contributed by atoms with E-state index >= 15 is 0 Å². The Hall–Kier alpha value is -1.48. The smallest absolute Gasteiger partial charge is 0.261 e. The van der Waals surface area contributed by atoms with Crippen molar-refractivity contribution in [2.45, 2.75) is 44.9 Å². The van der Waals surface area contributed by atoms with Crippen LogP contribution in [-0.2, 0) is 11.3 Å². The largest absolute Gasteiger partial charge is 0.391 e. The molecule has 0 radical (unpaired) electrons. The van der Waals surface area contributed by atoms with Crippen molar-refractivity contribution in [3.8, 4) is 0 Å². The Kier molecular flexibility index (Phi) is 7.57. The summed E-state index contributed by atoms with van der Waals surface area (Å²) in [6, 6.07) is 2.43. The minimum Gasteiger partial charge on any atom is -0.391 e. The number of hydrogen-bond acceptors (Lipinski definition) is 5. The van der Waals surface area contributed by atoms with Crippen LogP contribution in [0.2, 0.25) is 5.02 Å². The molecule has 2 aromatic rings. The SMILES string of the molecule is C[C@@H](O)[C@H](N)C(=O)NCCCCCn1cnc2cc(Br)c(Cl)cc2c1=O. The van der Waals surface area contributed by atoms with Crippen LogP contribution in [0.4, 0.5) is 0 Å². The molecule has 0 aliphatic carbocycles. The molecule has 1 heterocycles. The van der Waals surface area contributed by atoms with Gasteiger partial charge in [0.25, 0.3) is 5.56 Å². The van der Waals surface area contributed by atoms with E-state index in [1.807, 2.05) is 0 Å². The number of aromatic nitrogens is 2. The molecule has 142 valence electrons. The number of carbonyl (C=O) groups is 1. The molecular weight excluding hydrogens is 424 g/mol. The van der Waals surface area contributed by atoms with E-state index in [-0.39, 0.29) is 11.5 Å². The summed E-state index contributed by atoms with van der Waals surface area (Å²) in [4.78, 5) is 28.4. The van der Waals surface area contributed by atoms with Gasteiger partial charge >= 0.3 is 0 Å². The van der Waals surface area contributed by atoms with Crippen molar-refractivity contribution in [3.63, 3.8) is 0 Å². The molecule has 0 aliphatic rings. The zero-order valence-electron chi connectivity index (χ0n) is 14.4. The number of amides is 1. The number of nitrogens with zero attached hydrogens (tertiary/aromatic N) is 2. The molecule has 0 aliphatic heterocycles. The van der Waals surface area contributed by atoms with Crippen molar-refractivity contribution in [2.75, 3.05) is 6.54 Å². The summed E-state index contributed by atoms with van der Waals surface area (Å²) in [6.07, 6.45) is 3.02. The first-order valence-corrected chi connectivity index (χ1v) is 9.54. The van der Waals surface area contributed by atoms with Crippen molar-refractivity contribution >= 4 is 44.3 Å². The van der Waals surface area contributed by atoms with Gasteiger partial charge in [0.15, 0.2) is 0 Å².